The van der Waals surface area contributed by atoms with E-state index in [0.29, 0.717) is 17.7 Å². The second kappa shape index (κ2) is 3.20. The minimum Gasteiger partial charge on any atom is -0.324 e. The van der Waals surface area contributed by atoms with Crippen LogP contribution in [0.25, 0.3) is 0 Å². The molecule has 86 valence electrons. The first-order valence-electron chi connectivity index (χ1n) is 5.51. The zero-order valence-corrected chi connectivity index (χ0v) is 9.30. The molecule has 2 amide bonds. The van der Waals surface area contributed by atoms with E-state index in [0.717, 1.165) is 19.0 Å². The van der Waals surface area contributed by atoms with Gasteiger partial charge in [-0.1, -0.05) is 12.1 Å². The van der Waals surface area contributed by atoms with Gasteiger partial charge in [0.25, 0.3) is 0 Å². The minimum atomic E-state index is -0.136. The van der Waals surface area contributed by atoms with Crippen molar-refractivity contribution in [3.63, 3.8) is 0 Å². The van der Waals surface area contributed by atoms with Crippen LogP contribution in [0.15, 0.2) is 4.52 Å². The number of hydrogen-bond donors (Lipinski definition) is 1. The van der Waals surface area contributed by atoms with Crippen LogP contribution in [0, 0.1) is 24.7 Å². The van der Waals surface area contributed by atoms with Gasteiger partial charge in [-0.15, -0.1) is 0 Å². The molecule has 2 aliphatic rings. The van der Waals surface area contributed by atoms with Crippen molar-refractivity contribution in [1.82, 2.24) is 15.0 Å². The molecule has 2 fully saturated rings. The van der Waals surface area contributed by atoms with Gasteiger partial charge >= 0.3 is 12.0 Å². The zero-order chi connectivity index (χ0) is 11.3. The molecular weight excluding hydrogens is 208 g/mol. The van der Waals surface area contributed by atoms with E-state index in [1.807, 2.05) is 4.90 Å². The summed E-state index contributed by atoms with van der Waals surface area (Å²) in [5.74, 6) is 2.72. The molecule has 1 aliphatic heterocycles. The van der Waals surface area contributed by atoms with Crippen molar-refractivity contribution in [3.05, 3.63) is 5.82 Å². The Morgan fingerprint density at radius 3 is 2.75 bits per heavy atom. The van der Waals surface area contributed by atoms with Crippen molar-refractivity contribution < 1.29 is 9.32 Å². The summed E-state index contributed by atoms with van der Waals surface area (Å²) in [6.45, 7) is 5.66. The summed E-state index contributed by atoms with van der Waals surface area (Å²) in [5, 5.41) is 6.22. The van der Waals surface area contributed by atoms with Crippen molar-refractivity contribution in [2.45, 2.75) is 13.8 Å². The Balaban J connectivity index is 1.58. The molecule has 3 rings (SSSR count). The fourth-order valence-corrected chi connectivity index (χ4v) is 2.51. The van der Waals surface area contributed by atoms with Gasteiger partial charge in [0.05, 0.1) is 0 Å². The van der Waals surface area contributed by atoms with Crippen LogP contribution in [0.4, 0.5) is 10.8 Å². The van der Waals surface area contributed by atoms with E-state index in [1.54, 1.807) is 6.92 Å². The highest BCUT2D eigenvalue weighted by Crippen LogP contribution is 2.51. The van der Waals surface area contributed by atoms with Gasteiger partial charge in [0, 0.05) is 13.1 Å². The molecule has 1 aromatic heterocycles. The highest BCUT2D eigenvalue weighted by Gasteiger charge is 2.53. The largest absolute Gasteiger partial charge is 0.329 e. The van der Waals surface area contributed by atoms with E-state index in [-0.39, 0.29) is 12.0 Å². The van der Waals surface area contributed by atoms with Gasteiger partial charge in [-0.05, 0) is 24.7 Å². The molecule has 2 heterocycles. The Morgan fingerprint density at radius 1 is 1.50 bits per heavy atom. The fourth-order valence-electron chi connectivity index (χ4n) is 2.51. The summed E-state index contributed by atoms with van der Waals surface area (Å²) in [4.78, 5) is 17.5. The summed E-state index contributed by atoms with van der Waals surface area (Å²) in [6, 6.07) is 0.0409. The number of fused-ring (bicyclic) bond motifs is 1. The van der Waals surface area contributed by atoms with Gasteiger partial charge in [-0.2, -0.15) is 4.98 Å². The molecule has 3 atom stereocenters. The second-order valence-corrected chi connectivity index (χ2v) is 4.67. The number of rotatable bonds is 1. The zero-order valence-electron chi connectivity index (χ0n) is 9.30. The number of nitrogens with one attached hydrogen (secondary N) is 1. The molecule has 1 saturated carbocycles. The molecule has 1 saturated heterocycles. The van der Waals surface area contributed by atoms with E-state index >= 15 is 0 Å². The molecule has 0 radical (unpaired) electrons. The Bertz CT molecular complexity index is 418. The maximum atomic E-state index is 11.8. The number of nitrogens with zero attached hydrogens (tertiary/aromatic N) is 3. The molecule has 6 nitrogen and oxygen atoms in total. The number of piperidine rings is 1. The van der Waals surface area contributed by atoms with Gasteiger partial charge < -0.3 is 9.42 Å². The third-order valence-corrected chi connectivity index (χ3v) is 3.65. The number of aromatic nitrogens is 2. The van der Waals surface area contributed by atoms with Crippen LogP contribution in [0.2, 0.25) is 0 Å². The number of likely N-dealkylation sites (tertiary alicyclic amines) is 1. The smallest absolute Gasteiger partial charge is 0.324 e. The molecule has 16 heavy (non-hydrogen) atoms. The summed E-state index contributed by atoms with van der Waals surface area (Å²) >= 11 is 0. The standard InChI is InChI=1S/C10H14N4O2/c1-5-7-3-14(4-8(5)7)10(15)12-9-11-6(2)13-16-9/h5,7-8H,3-4H2,1-2H3,(H,11,12,13,15)/t5?,7-,8+. The van der Waals surface area contributed by atoms with Crippen LogP contribution in [-0.4, -0.2) is 34.2 Å². The van der Waals surface area contributed by atoms with Crippen molar-refractivity contribution in [1.29, 1.82) is 0 Å². The lowest BCUT2D eigenvalue weighted by atomic mass is 10.3. The van der Waals surface area contributed by atoms with Crippen LogP contribution in [0.5, 0.6) is 0 Å². The number of aryl methyl sites for hydroxylation is 1. The lowest BCUT2D eigenvalue weighted by Crippen LogP contribution is -2.35. The van der Waals surface area contributed by atoms with E-state index < -0.39 is 0 Å². The molecule has 0 spiro atoms. The Morgan fingerprint density at radius 2 is 2.19 bits per heavy atom. The first-order chi connectivity index (χ1) is 7.65. The number of carbonyl (C=O) groups is 1. The molecule has 1 unspecified atom stereocenters. The van der Waals surface area contributed by atoms with Crippen molar-refractivity contribution in [2.75, 3.05) is 18.4 Å². The van der Waals surface area contributed by atoms with E-state index in [4.69, 9.17) is 4.52 Å². The summed E-state index contributed by atoms with van der Waals surface area (Å²) in [5.41, 5.74) is 0. The highest BCUT2D eigenvalue weighted by atomic mass is 16.5. The van der Waals surface area contributed by atoms with E-state index in [1.165, 1.54) is 0 Å². The Kier molecular flexibility index (Phi) is 1.92. The Hall–Kier alpha value is -1.59. The lowest BCUT2D eigenvalue weighted by molar-refractivity contribution is 0.214. The highest BCUT2D eigenvalue weighted by molar-refractivity contribution is 5.87. The predicted molar refractivity (Wildman–Crippen MR) is 55.8 cm³/mol. The lowest BCUT2D eigenvalue weighted by Gasteiger charge is -2.17. The summed E-state index contributed by atoms with van der Waals surface area (Å²) in [6.07, 6.45) is 0. The van der Waals surface area contributed by atoms with E-state index in [2.05, 4.69) is 22.4 Å². The van der Waals surface area contributed by atoms with Crippen LogP contribution >= 0.6 is 0 Å². The van der Waals surface area contributed by atoms with Crippen LogP contribution in [-0.2, 0) is 0 Å². The number of anilines is 1. The van der Waals surface area contributed by atoms with Gasteiger partial charge in [-0.3, -0.25) is 5.32 Å². The number of carbonyl (C=O) groups excluding carboxylic acids is 1. The second-order valence-electron chi connectivity index (χ2n) is 4.67. The maximum absolute atomic E-state index is 11.8. The number of hydrogen-bond acceptors (Lipinski definition) is 4. The first kappa shape index (κ1) is 9.62. The van der Waals surface area contributed by atoms with Gasteiger partial charge in [-0.25, -0.2) is 4.79 Å². The third-order valence-electron chi connectivity index (χ3n) is 3.65. The number of amides is 2. The van der Waals surface area contributed by atoms with Gasteiger partial charge in [0.2, 0.25) is 0 Å². The quantitative estimate of drug-likeness (QED) is 0.772. The molecule has 1 N–H and O–H groups in total. The fraction of sp³-hybridized carbons (Fsp3) is 0.700. The minimum absolute atomic E-state index is 0.136. The molecule has 6 heteroatoms. The summed E-state index contributed by atoms with van der Waals surface area (Å²) < 4.78 is 4.83. The molecular formula is C10H14N4O2. The van der Waals surface area contributed by atoms with Crippen LogP contribution in [0.3, 0.4) is 0 Å². The molecule has 1 aromatic rings. The number of urea groups is 1. The summed E-state index contributed by atoms with van der Waals surface area (Å²) in [7, 11) is 0. The topological polar surface area (TPSA) is 71.3 Å². The molecule has 1 aliphatic carbocycles. The molecule has 0 bridgehead atoms. The van der Waals surface area contributed by atoms with Crippen LogP contribution < -0.4 is 5.32 Å². The van der Waals surface area contributed by atoms with Gasteiger partial charge in [0.15, 0.2) is 5.82 Å². The SMILES string of the molecule is Cc1noc(NC(=O)N2C[C@@H]3C(C)[C@@H]3C2)n1. The average Bonchev–Trinajstić information content (AvgIpc) is 2.70. The van der Waals surface area contributed by atoms with E-state index in [9.17, 15) is 4.79 Å². The monoisotopic (exact) mass is 222 g/mol. The Labute approximate surface area is 93.0 Å². The molecule has 0 aromatic carbocycles. The predicted octanol–water partition coefficient (Wildman–Crippen LogP) is 1.11. The van der Waals surface area contributed by atoms with Crippen LogP contribution in [0.1, 0.15) is 12.7 Å². The van der Waals surface area contributed by atoms with Crippen molar-refractivity contribution in [3.8, 4) is 0 Å². The van der Waals surface area contributed by atoms with Crippen molar-refractivity contribution >= 4 is 12.0 Å². The normalized spacial score (nSPS) is 31.4. The third kappa shape index (κ3) is 1.45. The van der Waals surface area contributed by atoms with Crippen molar-refractivity contribution in [2.24, 2.45) is 17.8 Å². The maximum Gasteiger partial charge on any atom is 0.329 e. The first-order valence-corrected chi connectivity index (χ1v) is 5.51. The van der Waals surface area contributed by atoms with Gasteiger partial charge in [0.1, 0.15) is 0 Å². The average molecular weight is 222 g/mol.